The van der Waals surface area contributed by atoms with E-state index in [1.807, 2.05) is 0 Å². The van der Waals surface area contributed by atoms with Crippen molar-refractivity contribution in [1.82, 2.24) is 0 Å². The van der Waals surface area contributed by atoms with Crippen molar-refractivity contribution in [2.75, 3.05) is 12.4 Å². The Bertz CT molecular complexity index is 764. The fourth-order valence-electron chi connectivity index (χ4n) is 2.00. The number of amides is 1. The molecule has 5 nitrogen and oxygen atoms in total. The van der Waals surface area contributed by atoms with Gasteiger partial charge in [0.25, 0.3) is 5.91 Å². The number of rotatable bonds is 6. The third-order valence-electron chi connectivity index (χ3n) is 3.36. The zero-order valence-electron chi connectivity index (χ0n) is 13.7. The van der Waals surface area contributed by atoms with Gasteiger partial charge in [0.1, 0.15) is 5.75 Å². The molecule has 2 aromatic carbocycles. The van der Waals surface area contributed by atoms with Gasteiger partial charge in [0.05, 0.1) is 18.0 Å². The number of benzene rings is 2. The van der Waals surface area contributed by atoms with Gasteiger partial charge in [-0.05, 0) is 58.7 Å². The minimum Gasteiger partial charge on any atom is -0.480 e. The lowest BCUT2D eigenvalue weighted by atomic mass is 10.1. The summed E-state index contributed by atoms with van der Waals surface area (Å²) in [6, 6.07) is 12.0. The number of ether oxygens (including phenoxy) is 2. The second-order valence-corrected chi connectivity index (χ2v) is 6.56. The summed E-state index contributed by atoms with van der Waals surface area (Å²) >= 11 is 9.23. The average molecular weight is 427 g/mol. The van der Waals surface area contributed by atoms with Crippen LogP contribution in [0.4, 0.5) is 5.69 Å². The Labute approximate surface area is 159 Å². The Morgan fingerprint density at radius 1 is 1.20 bits per heavy atom. The van der Waals surface area contributed by atoms with E-state index in [2.05, 4.69) is 26.0 Å². The third-order valence-corrected chi connectivity index (χ3v) is 4.22. The molecule has 132 valence electrons. The van der Waals surface area contributed by atoms with Crippen molar-refractivity contribution >= 4 is 45.1 Å². The Kier molecular flexibility index (Phi) is 6.84. The van der Waals surface area contributed by atoms with Crippen LogP contribution in [0, 0.1) is 0 Å². The number of anilines is 1. The maximum atomic E-state index is 12.3. The molecule has 2 rings (SSSR count). The van der Waals surface area contributed by atoms with E-state index in [-0.39, 0.29) is 18.3 Å². The SMILES string of the molecule is COC(=O)Cc1ccc(NC(=O)[C@@H](C)Oc2ccc(Cl)cc2Br)cc1. The van der Waals surface area contributed by atoms with E-state index in [0.29, 0.717) is 20.9 Å². The zero-order chi connectivity index (χ0) is 18.4. The van der Waals surface area contributed by atoms with E-state index in [1.165, 1.54) is 7.11 Å². The largest absolute Gasteiger partial charge is 0.480 e. The second kappa shape index (κ2) is 8.87. The van der Waals surface area contributed by atoms with Crippen LogP contribution in [0.15, 0.2) is 46.9 Å². The fourth-order valence-corrected chi connectivity index (χ4v) is 2.78. The molecule has 25 heavy (non-hydrogen) atoms. The number of hydrogen-bond acceptors (Lipinski definition) is 4. The maximum Gasteiger partial charge on any atom is 0.309 e. The predicted octanol–water partition coefficient (Wildman–Crippen LogP) is 4.22. The number of nitrogens with one attached hydrogen (secondary N) is 1. The number of halogens is 2. The van der Waals surface area contributed by atoms with Gasteiger partial charge in [-0.15, -0.1) is 0 Å². The summed E-state index contributed by atoms with van der Waals surface area (Å²) in [7, 11) is 1.34. The molecule has 1 N–H and O–H groups in total. The standard InChI is InChI=1S/C18H17BrClNO4/c1-11(25-16-8-5-13(20)10-15(16)19)18(23)21-14-6-3-12(4-7-14)9-17(22)24-2/h3-8,10-11H,9H2,1-2H3,(H,21,23)/t11-/m1/s1. The molecule has 0 unspecified atom stereocenters. The predicted molar refractivity (Wildman–Crippen MR) is 100 cm³/mol. The number of methoxy groups -OCH3 is 1. The van der Waals surface area contributed by atoms with Crippen molar-refractivity contribution in [2.24, 2.45) is 0 Å². The first-order chi connectivity index (χ1) is 11.9. The minimum atomic E-state index is -0.702. The monoisotopic (exact) mass is 425 g/mol. The molecule has 0 spiro atoms. The van der Waals surface area contributed by atoms with Crippen molar-refractivity contribution in [2.45, 2.75) is 19.4 Å². The Balaban J connectivity index is 1.95. The Morgan fingerprint density at radius 2 is 1.88 bits per heavy atom. The van der Waals surface area contributed by atoms with Gasteiger partial charge in [0.2, 0.25) is 0 Å². The van der Waals surface area contributed by atoms with Crippen molar-refractivity contribution < 1.29 is 19.1 Å². The number of carbonyl (C=O) groups excluding carboxylic acids is 2. The number of hydrogen-bond donors (Lipinski definition) is 1. The first kappa shape index (κ1) is 19.3. The molecule has 1 atom stereocenters. The smallest absolute Gasteiger partial charge is 0.309 e. The summed E-state index contributed by atoms with van der Waals surface area (Å²) in [4.78, 5) is 23.5. The van der Waals surface area contributed by atoms with Gasteiger partial charge in [-0.1, -0.05) is 23.7 Å². The molecule has 0 aliphatic rings. The highest BCUT2D eigenvalue weighted by Gasteiger charge is 2.16. The summed E-state index contributed by atoms with van der Waals surface area (Å²) in [5, 5.41) is 3.34. The molecule has 1 amide bonds. The van der Waals surface area contributed by atoms with Gasteiger partial charge in [0, 0.05) is 10.7 Å². The fraction of sp³-hybridized carbons (Fsp3) is 0.222. The Hall–Kier alpha value is -2.05. The average Bonchev–Trinajstić information content (AvgIpc) is 2.58. The molecule has 0 saturated carbocycles. The Morgan fingerprint density at radius 3 is 2.48 bits per heavy atom. The molecule has 0 fully saturated rings. The van der Waals surface area contributed by atoms with Crippen LogP contribution in [0.3, 0.4) is 0 Å². The van der Waals surface area contributed by atoms with Gasteiger partial charge in [0.15, 0.2) is 6.10 Å². The number of esters is 1. The van der Waals surface area contributed by atoms with E-state index in [0.717, 1.165) is 5.56 Å². The quantitative estimate of drug-likeness (QED) is 0.702. The first-order valence-corrected chi connectivity index (χ1v) is 8.64. The lowest BCUT2D eigenvalue weighted by Crippen LogP contribution is -2.30. The lowest BCUT2D eigenvalue weighted by molar-refractivity contribution is -0.139. The maximum absolute atomic E-state index is 12.3. The second-order valence-electron chi connectivity index (χ2n) is 5.27. The van der Waals surface area contributed by atoms with Gasteiger partial charge in [-0.3, -0.25) is 9.59 Å². The van der Waals surface area contributed by atoms with Gasteiger partial charge < -0.3 is 14.8 Å². The lowest BCUT2D eigenvalue weighted by Gasteiger charge is -2.16. The van der Waals surface area contributed by atoms with Crippen LogP contribution in [0.1, 0.15) is 12.5 Å². The molecule has 2 aromatic rings. The van der Waals surface area contributed by atoms with Crippen LogP contribution in [-0.4, -0.2) is 25.1 Å². The molecule has 0 heterocycles. The zero-order valence-corrected chi connectivity index (χ0v) is 16.1. The van der Waals surface area contributed by atoms with Crippen molar-refractivity contribution in [3.8, 4) is 5.75 Å². The molecule has 0 radical (unpaired) electrons. The van der Waals surface area contributed by atoms with Crippen LogP contribution in [0.25, 0.3) is 0 Å². The third kappa shape index (κ3) is 5.76. The molecule has 0 bridgehead atoms. The van der Waals surface area contributed by atoms with Crippen LogP contribution in [-0.2, 0) is 20.7 Å². The van der Waals surface area contributed by atoms with E-state index >= 15 is 0 Å². The highest BCUT2D eigenvalue weighted by atomic mass is 79.9. The van der Waals surface area contributed by atoms with Crippen LogP contribution >= 0.6 is 27.5 Å². The molecular weight excluding hydrogens is 410 g/mol. The molecule has 7 heteroatoms. The van der Waals surface area contributed by atoms with Crippen molar-refractivity contribution in [3.05, 3.63) is 57.5 Å². The van der Waals surface area contributed by atoms with Gasteiger partial charge in [-0.2, -0.15) is 0 Å². The van der Waals surface area contributed by atoms with E-state index in [1.54, 1.807) is 49.4 Å². The molecule has 0 aromatic heterocycles. The van der Waals surface area contributed by atoms with Crippen molar-refractivity contribution in [3.63, 3.8) is 0 Å². The van der Waals surface area contributed by atoms with E-state index < -0.39 is 6.10 Å². The van der Waals surface area contributed by atoms with E-state index in [4.69, 9.17) is 16.3 Å². The summed E-state index contributed by atoms with van der Waals surface area (Å²) < 4.78 is 10.9. The summed E-state index contributed by atoms with van der Waals surface area (Å²) in [6.07, 6.45) is -0.512. The first-order valence-electron chi connectivity index (χ1n) is 7.47. The van der Waals surface area contributed by atoms with Crippen molar-refractivity contribution in [1.29, 1.82) is 0 Å². The summed E-state index contributed by atoms with van der Waals surface area (Å²) in [5.74, 6) is -0.0737. The summed E-state index contributed by atoms with van der Waals surface area (Å²) in [6.45, 7) is 1.65. The van der Waals surface area contributed by atoms with Crippen LogP contribution in [0.5, 0.6) is 5.75 Å². The topological polar surface area (TPSA) is 64.6 Å². The van der Waals surface area contributed by atoms with Gasteiger partial charge in [-0.25, -0.2) is 0 Å². The molecule has 0 saturated heterocycles. The summed E-state index contributed by atoms with van der Waals surface area (Å²) in [5.41, 5.74) is 1.42. The highest BCUT2D eigenvalue weighted by molar-refractivity contribution is 9.10. The van der Waals surface area contributed by atoms with Crippen LogP contribution < -0.4 is 10.1 Å². The molecule has 0 aliphatic heterocycles. The van der Waals surface area contributed by atoms with E-state index in [9.17, 15) is 9.59 Å². The number of carbonyl (C=O) groups is 2. The normalized spacial score (nSPS) is 11.5. The minimum absolute atomic E-state index is 0.189. The van der Waals surface area contributed by atoms with Crippen LogP contribution in [0.2, 0.25) is 5.02 Å². The van der Waals surface area contributed by atoms with Gasteiger partial charge >= 0.3 is 5.97 Å². The highest BCUT2D eigenvalue weighted by Crippen LogP contribution is 2.28. The molecule has 0 aliphatic carbocycles. The molecular formula is C18H17BrClNO4.